The van der Waals surface area contributed by atoms with E-state index in [9.17, 15) is 19.8 Å². The zero-order valence-corrected chi connectivity index (χ0v) is 38.6. The average molecular weight is 808 g/mol. The van der Waals surface area contributed by atoms with Crippen LogP contribution in [-0.2, 0) is 14.3 Å². The fourth-order valence-corrected chi connectivity index (χ4v) is 8.17. The van der Waals surface area contributed by atoms with Gasteiger partial charge in [-0.2, -0.15) is 0 Å². The first-order valence-electron chi connectivity index (χ1n) is 25.8. The lowest BCUT2D eigenvalue weighted by molar-refractivity contribution is -0.143. The maximum absolute atomic E-state index is 12.4. The number of nitrogens with one attached hydrogen (secondary N) is 1. The van der Waals surface area contributed by atoms with Crippen molar-refractivity contribution in [3.63, 3.8) is 0 Å². The van der Waals surface area contributed by atoms with Crippen LogP contribution in [0, 0.1) is 0 Å². The van der Waals surface area contributed by atoms with Gasteiger partial charge in [0.05, 0.1) is 25.4 Å². The minimum Gasteiger partial charge on any atom is -0.466 e. The van der Waals surface area contributed by atoms with Crippen LogP contribution in [0.2, 0.25) is 0 Å². The molecule has 0 aromatic heterocycles. The van der Waals surface area contributed by atoms with Crippen molar-refractivity contribution in [3.05, 3.63) is 0 Å². The molecule has 0 aliphatic rings. The summed E-state index contributed by atoms with van der Waals surface area (Å²) >= 11 is 0. The van der Waals surface area contributed by atoms with Gasteiger partial charge in [-0.1, -0.05) is 251 Å². The maximum atomic E-state index is 12.4. The summed E-state index contributed by atoms with van der Waals surface area (Å²) in [5.41, 5.74) is 0. The molecule has 0 rings (SSSR count). The van der Waals surface area contributed by atoms with E-state index in [1.807, 2.05) is 0 Å². The summed E-state index contributed by atoms with van der Waals surface area (Å²) in [5.74, 6) is -0.0813. The number of hydrogen-bond donors (Lipinski definition) is 3. The number of hydrogen-bond acceptors (Lipinski definition) is 5. The summed E-state index contributed by atoms with van der Waals surface area (Å²) in [6, 6.07) is -0.559. The third-order valence-electron chi connectivity index (χ3n) is 12.2. The zero-order chi connectivity index (χ0) is 41.5. The van der Waals surface area contributed by atoms with E-state index in [1.165, 1.54) is 199 Å². The van der Waals surface area contributed by atoms with Crippen LogP contribution in [0.4, 0.5) is 0 Å². The molecule has 0 radical (unpaired) electrons. The molecule has 0 saturated carbocycles. The molecule has 57 heavy (non-hydrogen) atoms. The fourth-order valence-electron chi connectivity index (χ4n) is 8.17. The lowest BCUT2D eigenvalue weighted by Gasteiger charge is -2.22. The van der Waals surface area contributed by atoms with Crippen molar-refractivity contribution in [1.82, 2.24) is 5.32 Å². The highest BCUT2D eigenvalue weighted by molar-refractivity contribution is 5.76. The van der Waals surface area contributed by atoms with Crippen molar-refractivity contribution < 1.29 is 24.5 Å². The molecule has 6 nitrogen and oxygen atoms in total. The van der Waals surface area contributed by atoms with Crippen LogP contribution < -0.4 is 5.32 Å². The Balaban J connectivity index is 3.47. The van der Waals surface area contributed by atoms with Gasteiger partial charge in [0.1, 0.15) is 0 Å². The fraction of sp³-hybridized carbons (Fsp3) is 0.961. The van der Waals surface area contributed by atoms with Crippen LogP contribution in [0.5, 0.6) is 0 Å². The van der Waals surface area contributed by atoms with E-state index in [1.54, 1.807) is 0 Å². The van der Waals surface area contributed by atoms with E-state index in [-0.39, 0.29) is 18.5 Å². The average Bonchev–Trinajstić information content (AvgIpc) is 3.21. The number of carbonyl (C=O) groups excluding carboxylic acids is 2. The van der Waals surface area contributed by atoms with Gasteiger partial charge < -0.3 is 20.3 Å². The van der Waals surface area contributed by atoms with Crippen molar-refractivity contribution in [2.24, 2.45) is 0 Å². The van der Waals surface area contributed by atoms with Gasteiger partial charge in [-0.15, -0.1) is 0 Å². The van der Waals surface area contributed by atoms with Crippen molar-refractivity contribution in [1.29, 1.82) is 0 Å². The lowest BCUT2D eigenvalue weighted by atomic mass is 10.0. The number of esters is 1. The van der Waals surface area contributed by atoms with E-state index in [4.69, 9.17) is 4.74 Å². The van der Waals surface area contributed by atoms with Gasteiger partial charge in [0.15, 0.2) is 0 Å². The number of carbonyl (C=O) groups is 2. The van der Waals surface area contributed by atoms with Gasteiger partial charge in [0.2, 0.25) is 5.91 Å². The van der Waals surface area contributed by atoms with Crippen LogP contribution in [-0.4, -0.2) is 47.4 Å². The molecule has 2 atom stereocenters. The largest absolute Gasteiger partial charge is 0.466 e. The Morgan fingerprint density at radius 2 is 0.719 bits per heavy atom. The van der Waals surface area contributed by atoms with Crippen molar-refractivity contribution in [2.75, 3.05) is 13.2 Å². The highest BCUT2D eigenvalue weighted by Gasteiger charge is 2.20. The highest BCUT2D eigenvalue weighted by Crippen LogP contribution is 2.17. The molecule has 0 fully saturated rings. The summed E-state index contributed by atoms with van der Waals surface area (Å²) in [7, 11) is 0. The molecule has 2 unspecified atom stereocenters. The second kappa shape index (κ2) is 47.5. The van der Waals surface area contributed by atoms with Gasteiger partial charge in [0.25, 0.3) is 0 Å². The van der Waals surface area contributed by atoms with E-state index in [0.717, 1.165) is 57.8 Å². The number of amides is 1. The van der Waals surface area contributed by atoms with Gasteiger partial charge in [-0.3, -0.25) is 9.59 Å². The first-order valence-corrected chi connectivity index (χ1v) is 25.8. The molecular formula is C51H101NO5. The minimum atomic E-state index is -0.680. The summed E-state index contributed by atoms with van der Waals surface area (Å²) in [6.07, 6.45) is 52.1. The number of unbranched alkanes of at least 4 members (excludes halogenated alkanes) is 37. The minimum absolute atomic E-state index is 0.0218. The molecule has 3 N–H and O–H groups in total. The van der Waals surface area contributed by atoms with Gasteiger partial charge >= 0.3 is 5.97 Å². The zero-order valence-electron chi connectivity index (χ0n) is 38.6. The van der Waals surface area contributed by atoms with E-state index in [2.05, 4.69) is 19.2 Å². The summed E-state index contributed by atoms with van der Waals surface area (Å²) in [6.45, 7) is 4.91. The molecule has 0 aromatic rings. The Labute approximate surface area is 356 Å². The summed E-state index contributed by atoms with van der Waals surface area (Å²) < 4.78 is 5.45. The van der Waals surface area contributed by atoms with Crippen LogP contribution in [0.3, 0.4) is 0 Å². The number of rotatable bonds is 48. The normalized spacial score (nSPS) is 12.6. The van der Waals surface area contributed by atoms with Gasteiger partial charge in [0, 0.05) is 12.8 Å². The Morgan fingerprint density at radius 3 is 1.07 bits per heavy atom. The number of aliphatic hydroxyl groups excluding tert-OH is 2. The quantitative estimate of drug-likeness (QED) is 0.0420. The van der Waals surface area contributed by atoms with Crippen LogP contribution in [0.1, 0.15) is 290 Å². The Hall–Kier alpha value is -1.14. The smallest absolute Gasteiger partial charge is 0.305 e. The predicted octanol–water partition coefficient (Wildman–Crippen LogP) is 15.2. The molecule has 0 spiro atoms. The van der Waals surface area contributed by atoms with Crippen LogP contribution in [0.15, 0.2) is 0 Å². The van der Waals surface area contributed by atoms with E-state index < -0.39 is 12.1 Å². The molecule has 1 amide bonds. The first kappa shape index (κ1) is 55.9. The Kier molecular flexibility index (Phi) is 46.6. The molecular weight excluding hydrogens is 707 g/mol. The van der Waals surface area contributed by atoms with Gasteiger partial charge in [-0.05, 0) is 25.7 Å². The number of ether oxygens (including phenoxy) is 1. The van der Waals surface area contributed by atoms with Gasteiger partial charge in [-0.25, -0.2) is 0 Å². The highest BCUT2D eigenvalue weighted by atomic mass is 16.5. The number of aliphatic hydroxyl groups is 2. The van der Waals surface area contributed by atoms with Crippen LogP contribution >= 0.6 is 0 Å². The molecule has 0 heterocycles. The molecule has 0 bridgehead atoms. The third kappa shape index (κ3) is 44.2. The van der Waals surface area contributed by atoms with E-state index >= 15 is 0 Å². The predicted molar refractivity (Wildman–Crippen MR) is 246 cm³/mol. The summed E-state index contributed by atoms with van der Waals surface area (Å²) in [4.78, 5) is 24.5. The molecule has 0 aliphatic heterocycles. The molecule has 0 aromatic carbocycles. The topological polar surface area (TPSA) is 95.9 Å². The Morgan fingerprint density at radius 1 is 0.421 bits per heavy atom. The Bertz CT molecular complexity index is 806. The second-order valence-corrected chi connectivity index (χ2v) is 17.9. The SMILES string of the molecule is CCCCCCCCCCCCCCCCCCCC(O)C(CO)NC(=O)CCCCCCCCCCCOC(=O)CCCCCCCCCCCCCCCC. The maximum Gasteiger partial charge on any atom is 0.305 e. The molecule has 0 saturated heterocycles. The molecule has 340 valence electrons. The lowest BCUT2D eigenvalue weighted by Crippen LogP contribution is -2.45. The summed E-state index contributed by atoms with van der Waals surface area (Å²) in [5, 5.41) is 23.2. The molecule has 6 heteroatoms. The second-order valence-electron chi connectivity index (χ2n) is 17.9. The van der Waals surface area contributed by atoms with Crippen molar-refractivity contribution in [3.8, 4) is 0 Å². The molecule has 0 aliphatic carbocycles. The van der Waals surface area contributed by atoms with E-state index in [0.29, 0.717) is 25.9 Å². The first-order chi connectivity index (χ1) is 28.0. The standard InChI is InChI=1S/C51H101NO5/c1-3-5-7-9-11-13-15-17-19-20-21-22-24-27-31-35-39-43-49(54)48(47-53)52-50(55)44-40-36-32-28-26-30-34-38-42-46-57-51(56)45-41-37-33-29-25-23-18-16-14-12-10-8-6-4-2/h48-49,53-54H,3-47H2,1-2H3,(H,52,55). The van der Waals surface area contributed by atoms with Crippen LogP contribution in [0.25, 0.3) is 0 Å². The van der Waals surface area contributed by atoms with Crippen molar-refractivity contribution >= 4 is 11.9 Å². The monoisotopic (exact) mass is 808 g/mol. The third-order valence-corrected chi connectivity index (χ3v) is 12.2. The van der Waals surface area contributed by atoms with Crippen molar-refractivity contribution in [2.45, 2.75) is 302 Å².